The zero-order valence-electron chi connectivity index (χ0n) is 14.7. The summed E-state index contributed by atoms with van der Waals surface area (Å²) in [6.45, 7) is 4.27. The van der Waals surface area contributed by atoms with Crippen molar-refractivity contribution in [2.75, 3.05) is 7.11 Å². The summed E-state index contributed by atoms with van der Waals surface area (Å²) < 4.78 is 18.0. The molecule has 0 N–H and O–H groups in total. The van der Waals surface area contributed by atoms with Gasteiger partial charge in [-0.25, -0.2) is 0 Å². The van der Waals surface area contributed by atoms with Crippen molar-refractivity contribution in [1.29, 1.82) is 0 Å². The second-order valence-corrected chi connectivity index (χ2v) is 6.29. The van der Waals surface area contributed by atoms with Gasteiger partial charge in [-0.15, -0.1) is 0 Å². The highest BCUT2D eigenvalue weighted by Gasteiger charge is 2.36. The van der Waals surface area contributed by atoms with E-state index in [1.807, 2.05) is 43.3 Å². The molecule has 0 radical (unpaired) electrons. The van der Waals surface area contributed by atoms with E-state index in [2.05, 4.69) is 13.0 Å². The molecule has 4 heteroatoms. The third-order valence-corrected chi connectivity index (χ3v) is 4.61. The topological polar surface area (TPSA) is 27.7 Å². The minimum absolute atomic E-state index is 0.0649. The Bertz CT molecular complexity index is 672. The number of ether oxygens (including phenoxy) is 1. The molecule has 0 saturated carbocycles. The highest BCUT2D eigenvalue weighted by molar-refractivity contribution is 6.62. The highest BCUT2D eigenvalue weighted by atomic mass is 16.6. The van der Waals surface area contributed by atoms with Crippen molar-refractivity contribution in [1.82, 2.24) is 0 Å². The van der Waals surface area contributed by atoms with Crippen LogP contribution >= 0.6 is 0 Å². The average Bonchev–Trinajstić information content (AvgIpc) is 2.63. The van der Waals surface area contributed by atoms with Gasteiger partial charge in [0.1, 0.15) is 11.5 Å². The summed E-state index contributed by atoms with van der Waals surface area (Å²) in [5.74, 6) is 1.77. The Morgan fingerprint density at radius 3 is 2.58 bits per heavy atom. The van der Waals surface area contributed by atoms with Crippen LogP contribution in [0.25, 0.3) is 0 Å². The van der Waals surface area contributed by atoms with Crippen molar-refractivity contribution in [3.63, 3.8) is 0 Å². The Balaban J connectivity index is 1.94. The van der Waals surface area contributed by atoms with E-state index in [1.165, 1.54) is 12.8 Å². The maximum atomic E-state index is 6.31. The average molecular weight is 324 g/mol. The molecular weight excluding hydrogens is 299 g/mol. The molecule has 1 aliphatic rings. The Morgan fingerprint density at radius 1 is 1.08 bits per heavy atom. The molecule has 0 amide bonds. The molecule has 2 aromatic carbocycles. The summed E-state index contributed by atoms with van der Waals surface area (Å²) in [6.07, 6.45) is 4.67. The summed E-state index contributed by atoms with van der Waals surface area (Å²) in [7, 11) is 1.33. The monoisotopic (exact) mass is 324 g/mol. The van der Waals surface area contributed by atoms with Crippen molar-refractivity contribution >= 4 is 12.6 Å². The van der Waals surface area contributed by atoms with Crippen molar-refractivity contribution < 1.29 is 14.0 Å². The lowest BCUT2D eigenvalue weighted by molar-refractivity contribution is 0.144. The standard InChI is InChI=1S/C20H25BO3/c1-4-5-7-12-19-17-13-14-18(22-3)15(2)20(17)24-21(23-19)16-10-8-6-9-11-16/h6,8-11,13-14,19H,4-5,7,12H2,1-3H3. The van der Waals surface area contributed by atoms with Crippen LogP contribution in [0, 0.1) is 6.92 Å². The van der Waals surface area contributed by atoms with Crippen molar-refractivity contribution in [2.45, 2.75) is 45.6 Å². The molecule has 1 aliphatic heterocycles. The summed E-state index contributed by atoms with van der Waals surface area (Å²) >= 11 is 0. The number of unbranched alkanes of at least 4 members (excludes halogenated alkanes) is 2. The fraction of sp³-hybridized carbons (Fsp3) is 0.400. The van der Waals surface area contributed by atoms with Gasteiger partial charge in [-0.3, -0.25) is 0 Å². The first kappa shape index (κ1) is 16.9. The second kappa shape index (κ2) is 7.76. The van der Waals surface area contributed by atoms with Crippen molar-refractivity contribution in [2.24, 2.45) is 0 Å². The Kier molecular flexibility index (Phi) is 5.46. The lowest BCUT2D eigenvalue weighted by atomic mass is 9.76. The molecule has 0 saturated heterocycles. The van der Waals surface area contributed by atoms with Gasteiger partial charge in [-0.05, 0) is 30.9 Å². The van der Waals surface area contributed by atoms with Crippen LogP contribution in [0.1, 0.15) is 49.8 Å². The van der Waals surface area contributed by atoms with Gasteiger partial charge in [-0.1, -0.05) is 56.5 Å². The molecule has 1 atom stereocenters. The van der Waals surface area contributed by atoms with Gasteiger partial charge >= 0.3 is 7.12 Å². The van der Waals surface area contributed by atoms with Gasteiger partial charge in [0.05, 0.1) is 13.2 Å². The van der Waals surface area contributed by atoms with Crippen LogP contribution in [-0.2, 0) is 4.65 Å². The molecule has 0 bridgehead atoms. The lowest BCUT2D eigenvalue weighted by Crippen LogP contribution is -2.44. The van der Waals surface area contributed by atoms with Crippen LogP contribution in [0.15, 0.2) is 42.5 Å². The maximum Gasteiger partial charge on any atom is 0.563 e. The Morgan fingerprint density at radius 2 is 1.88 bits per heavy atom. The van der Waals surface area contributed by atoms with Crippen LogP contribution < -0.4 is 14.9 Å². The first-order valence-corrected chi connectivity index (χ1v) is 8.79. The molecule has 0 fully saturated rings. The minimum atomic E-state index is -0.365. The smallest absolute Gasteiger partial charge is 0.532 e. The number of fused-ring (bicyclic) bond motifs is 1. The fourth-order valence-electron chi connectivity index (χ4n) is 3.24. The van der Waals surface area contributed by atoms with Crippen LogP contribution in [0.2, 0.25) is 0 Å². The largest absolute Gasteiger partial charge is 0.563 e. The number of benzene rings is 2. The third-order valence-electron chi connectivity index (χ3n) is 4.61. The Labute approximate surface area is 145 Å². The highest BCUT2D eigenvalue weighted by Crippen LogP contribution is 2.41. The quantitative estimate of drug-likeness (QED) is 0.581. The van der Waals surface area contributed by atoms with Crippen LogP contribution in [0.4, 0.5) is 0 Å². The molecule has 24 heavy (non-hydrogen) atoms. The zero-order valence-corrected chi connectivity index (χ0v) is 14.7. The molecule has 2 aromatic rings. The van der Waals surface area contributed by atoms with E-state index in [0.717, 1.165) is 40.9 Å². The number of hydrogen-bond acceptors (Lipinski definition) is 3. The molecule has 1 heterocycles. The van der Waals surface area contributed by atoms with E-state index in [-0.39, 0.29) is 13.2 Å². The van der Waals surface area contributed by atoms with Gasteiger partial charge in [0, 0.05) is 11.1 Å². The van der Waals surface area contributed by atoms with E-state index < -0.39 is 0 Å². The van der Waals surface area contributed by atoms with Crippen LogP contribution in [-0.4, -0.2) is 14.2 Å². The number of methoxy groups -OCH3 is 1. The van der Waals surface area contributed by atoms with Crippen LogP contribution in [0.5, 0.6) is 11.5 Å². The predicted molar refractivity (Wildman–Crippen MR) is 98.2 cm³/mol. The second-order valence-electron chi connectivity index (χ2n) is 6.29. The van der Waals surface area contributed by atoms with Gasteiger partial charge in [0.2, 0.25) is 0 Å². The van der Waals surface area contributed by atoms with E-state index in [0.29, 0.717) is 0 Å². The normalized spacial score (nSPS) is 16.5. The Hall–Kier alpha value is -1.94. The lowest BCUT2D eigenvalue weighted by Gasteiger charge is -2.32. The van der Waals surface area contributed by atoms with Crippen molar-refractivity contribution in [3.8, 4) is 11.5 Å². The molecule has 3 rings (SSSR count). The summed E-state index contributed by atoms with van der Waals surface area (Å²) in [5.41, 5.74) is 3.22. The maximum absolute atomic E-state index is 6.31. The molecular formula is C20H25BO3. The van der Waals surface area contributed by atoms with Gasteiger partial charge < -0.3 is 14.0 Å². The van der Waals surface area contributed by atoms with Crippen LogP contribution in [0.3, 0.4) is 0 Å². The zero-order chi connectivity index (χ0) is 16.9. The third kappa shape index (κ3) is 3.44. The summed E-state index contributed by atoms with van der Waals surface area (Å²) in [5, 5.41) is 0. The summed E-state index contributed by atoms with van der Waals surface area (Å²) in [4.78, 5) is 0. The van der Waals surface area contributed by atoms with Crippen molar-refractivity contribution in [3.05, 3.63) is 53.6 Å². The van der Waals surface area contributed by atoms with E-state index in [1.54, 1.807) is 7.11 Å². The molecule has 0 aliphatic carbocycles. The molecule has 126 valence electrons. The van der Waals surface area contributed by atoms with Gasteiger partial charge in [-0.2, -0.15) is 0 Å². The van der Waals surface area contributed by atoms with E-state index in [4.69, 9.17) is 14.0 Å². The number of hydrogen-bond donors (Lipinski definition) is 0. The predicted octanol–water partition coefficient (Wildman–Crippen LogP) is 4.43. The molecule has 0 aromatic heterocycles. The fourth-order valence-corrected chi connectivity index (χ4v) is 3.24. The summed E-state index contributed by atoms with van der Waals surface area (Å²) in [6, 6.07) is 14.2. The van der Waals surface area contributed by atoms with E-state index >= 15 is 0 Å². The first-order valence-electron chi connectivity index (χ1n) is 8.79. The SMILES string of the molecule is CCCCCC1OB(c2ccccc2)Oc2c1ccc(OC)c2C. The van der Waals surface area contributed by atoms with Gasteiger partial charge in [0.15, 0.2) is 0 Å². The molecule has 1 unspecified atom stereocenters. The van der Waals surface area contributed by atoms with E-state index in [9.17, 15) is 0 Å². The molecule has 3 nitrogen and oxygen atoms in total. The van der Waals surface area contributed by atoms with Gasteiger partial charge in [0.25, 0.3) is 0 Å². The number of rotatable bonds is 6. The molecule has 0 spiro atoms. The minimum Gasteiger partial charge on any atom is -0.532 e. The first-order chi connectivity index (χ1) is 11.7.